The molecule has 3 heterocycles. The van der Waals surface area contributed by atoms with E-state index in [1.165, 1.54) is 18.2 Å². The molecule has 3 saturated heterocycles. The highest BCUT2D eigenvalue weighted by Gasteiger charge is 2.49. The van der Waals surface area contributed by atoms with E-state index in [1.807, 2.05) is 39.8 Å². The van der Waals surface area contributed by atoms with Crippen molar-refractivity contribution in [3.05, 3.63) is 51.6 Å². The Hall–Kier alpha value is -3.14. The number of nitrogens with zero attached hydrogens (tertiary/aromatic N) is 1. The molecule has 0 spiro atoms. The van der Waals surface area contributed by atoms with Crippen molar-refractivity contribution in [1.29, 1.82) is 0 Å². The number of carbonyl (C=O) groups is 2. The van der Waals surface area contributed by atoms with Crippen LogP contribution in [0.15, 0.2) is 18.2 Å². The third kappa shape index (κ3) is 6.77. The molecule has 13 nitrogen and oxygen atoms in total. The van der Waals surface area contributed by atoms with Crippen LogP contribution in [0.3, 0.4) is 0 Å². The normalized spacial score (nSPS) is 37.3. The first-order valence-corrected chi connectivity index (χ1v) is 19.0. The predicted octanol–water partition coefficient (Wildman–Crippen LogP) is 4.24. The van der Waals surface area contributed by atoms with Crippen molar-refractivity contribution in [2.24, 2.45) is 5.92 Å². The zero-order valence-corrected chi connectivity index (χ0v) is 31.3. The average molecular weight is 740 g/mol. The molecular weight excluding hydrogens is 686 g/mol. The molecule has 7 rings (SSSR count). The minimum absolute atomic E-state index is 0.0254. The first kappa shape index (κ1) is 38.1. The molecule has 12 atom stereocenters. The van der Waals surface area contributed by atoms with Gasteiger partial charge in [0.25, 0.3) is 0 Å². The van der Waals surface area contributed by atoms with Crippen LogP contribution >= 0.6 is 0 Å². The van der Waals surface area contributed by atoms with Crippen LogP contribution in [0, 0.1) is 5.92 Å². The largest absolute Gasteiger partial charge is 0.507 e. The molecule has 0 saturated carbocycles. The van der Waals surface area contributed by atoms with Crippen molar-refractivity contribution in [3.8, 4) is 17.2 Å². The summed E-state index contributed by atoms with van der Waals surface area (Å²) in [5, 5.41) is 55.7. The van der Waals surface area contributed by atoms with Gasteiger partial charge >= 0.3 is 0 Å². The summed E-state index contributed by atoms with van der Waals surface area (Å²) in [5.74, 6) is -2.74. The maximum absolute atomic E-state index is 13.8. The van der Waals surface area contributed by atoms with Crippen LogP contribution in [-0.2, 0) is 30.1 Å². The van der Waals surface area contributed by atoms with Crippen molar-refractivity contribution in [2.75, 3.05) is 14.1 Å². The van der Waals surface area contributed by atoms with Crippen molar-refractivity contribution < 1.29 is 58.8 Å². The summed E-state index contributed by atoms with van der Waals surface area (Å²) in [6, 6.07) is 3.93. The smallest absolute Gasteiger partial charge is 0.202 e. The Labute approximate surface area is 309 Å². The number of likely N-dealkylation sites (N-methyl/N-ethyl adjacent to an activating group) is 1. The first-order chi connectivity index (χ1) is 25.1. The predicted molar refractivity (Wildman–Crippen MR) is 190 cm³/mol. The summed E-state index contributed by atoms with van der Waals surface area (Å²) >= 11 is 0. The fourth-order valence-corrected chi connectivity index (χ4v) is 9.27. The summed E-state index contributed by atoms with van der Waals surface area (Å²) in [4.78, 5) is 29.5. The molecule has 2 aliphatic carbocycles. The average Bonchev–Trinajstić information content (AvgIpc) is 3.10. The molecule has 290 valence electrons. The van der Waals surface area contributed by atoms with Gasteiger partial charge < -0.3 is 54.1 Å². The highest BCUT2D eigenvalue weighted by atomic mass is 16.7. The van der Waals surface area contributed by atoms with E-state index in [1.54, 1.807) is 6.92 Å². The van der Waals surface area contributed by atoms with E-state index in [-0.39, 0.29) is 77.0 Å². The zero-order chi connectivity index (χ0) is 38.1. The third-order valence-electron chi connectivity index (χ3n) is 12.4. The lowest BCUT2D eigenvalue weighted by Crippen LogP contribution is -2.56. The maximum Gasteiger partial charge on any atom is 0.202 e. The first-order valence-electron chi connectivity index (χ1n) is 19.0. The minimum Gasteiger partial charge on any atom is -0.507 e. The number of phenolic OH excluding ortho intramolecular Hbond substituents is 3. The number of aliphatic hydroxyl groups excluding tert-OH is 1. The van der Waals surface area contributed by atoms with Gasteiger partial charge in [-0.1, -0.05) is 19.1 Å². The lowest BCUT2D eigenvalue weighted by atomic mass is 9.72. The fraction of sp³-hybridized carbons (Fsp3) is 0.650. The SMILES string of the molecule is CC[C@]1(O)Cc2c(O)c3c(c(O)c2[C@@H](O[C@H]2C[C@@H](N(C)C)[C@@H](O[C@@H]4CC[C@@H]([C@@H]5CC[C@@H](O)[C@@H](C)O5)[C@H](C)O4)[C@@H](C)O2)C1)C(=O)c1c(O)cccc1C3=O. The highest BCUT2D eigenvalue weighted by Crippen LogP contribution is 2.53. The Kier molecular flexibility index (Phi) is 10.4. The molecule has 53 heavy (non-hydrogen) atoms. The second-order valence-corrected chi connectivity index (χ2v) is 16.0. The Bertz CT molecular complexity index is 1750. The topological polar surface area (TPSA) is 185 Å². The van der Waals surface area contributed by atoms with E-state index in [0.717, 1.165) is 12.8 Å². The zero-order valence-electron chi connectivity index (χ0n) is 31.3. The van der Waals surface area contributed by atoms with Crippen molar-refractivity contribution in [3.63, 3.8) is 0 Å². The number of ether oxygens (including phenoxy) is 5. The molecule has 3 fully saturated rings. The standard InChI is InChI=1S/C40H53NO12/c1-7-40(48)16-23-32(38(47)34-33(36(23)45)35(44)22-9-8-10-26(43)31(22)37(34)46)28(17-40)52-30-15-24(41(5)6)39(20(4)51-30)53-29-14-11-21(18(2)50-29)27-13-12-25(42)19(3)49-27/h8-10,18-21,24-25,27-30,39,42-43,45,47-48H,7,11-17H2,1-6H3/t18-,19+,20+,21+,24+,25+,27-,28-,29+,30-,39-,40-/m0/s1. The molecule has 0 radical (unpaired) electrons. The summed E-state index contributed by atoms with van der Waals surface area (Å²) in [6.07, 6.45) is -0.218. The number of aromatic hydroxyl groups is 3. The van der Waals surface area contributed by atoms with Gasteiger partial charge in [0, 0.05) is 47.9 Å². The number of phenols is 3. The van der Waals surface area contributed by atoms with Crippen LogP contribution in [0.4, 0.5) is 0 Å². The number of carbonyl (C=O) groups excluding carboxylic acids is 2. The number of hydrogen-bond donors (Lipinski definition) is 5. The van der Waals surface area contributed by atoms with Gasteiger partial charge in [0.1, 0.15) is 23.4 Å². The van der Waals surface area contributed by atoms with Gasteiger partial charge in [-0.15, -0.1) is 0 Å². The third-order valence-corrected chi connectivity index (χ3v) is 12.4. The number of fused-ring (bicyclic) bond motifs is 3. The maximum atomic E-state index is 13.8. The fourth-order valence-electron chi connectivity index (χ4n) is 9.27. The van der Waals surface area contributed by atoms with E-state index >= 15 is 0 Å². The summed E-state index contributed by atoms with van der Waals surface area (Å²) in [7, 11) is 3.90. The molecule has 13 heteroatoms. The van der Waals surface area contributed by atoms with E-state index < -0.39 is 70.9 Å². The van der Waals surface area contributed by atoms with Gasteiger partial charge in [-0.3, -0.25) is 9.59 Å². The van der Waals surface area contributed by atoms with Crippen LogP contribution in [0.25, 0.3) is 0 Å². The van der Waals surface area contributed by atoms with Crippen molar-refractivity contribution >= 4 is 11.6 Å². The van der Waals surface area contributed by atoms with Crippen molar-refractivity contribution in [2.45, 2.75) is 146 Å². The van der Waals surface area contributed by atoms with E-state index in [9.17, 15) is 35.1 Å². The molecule has 0 aromatic heterocycles. The molecule has 2 aromatic carbocycles. The second kappa shape index (κ2) is 14.5. The molecule has 5 aliphatic rings. The molecule has 3 aliphatic heterocycles. The Morgan fingerprint density at radius 2 is 1.57 bits per heavy atom. The summed E-state index contributed by atoms with van der Waals surface area (Å²) < 4.78 is 32.2. The van der Waals surface area contributed by atoms with Gasteiger partial charge in [0.05, 0.1) is 58.9 Å². The van der Waals surface area contributed by atoms with Crippen LogP contribution in [0.1, 0.15) is 122 Å². The van der Waals surface area contributed by atoms with Crippen LogP contribution in [-0.4, -0.2) is 117 Å². The summed E-state index contributed by atoms with van der Waals surface area (Å²) in [6.45, 7) is 7.66. The molecular formula is C40H53NO12. The lowest BCUT2D eigenvalue weighted by molar-refractivity contribution is -0.303. The summed E-state index contributed by atoms with van der Waals surface area (Å²) in [5.41, 5.74) is -2.20. The number of hydrogen-bond acceptors (Lipinski definition) is 13. The Morgan fingerprint density at radius 3 is 2.25 bits per heavy atom. The van der Waals surface area contributed by atoms with Crippen molar-refractivity contribution in [1.82, 2.24) is 4.90 Å². The molecule has 0 unspecified atom stereocenters. The molecule has 5 N–H and O–H groups in total. The molecule has 0 amide bonds. The highest BCUT2D eigenvalue weighted by molar-refractivity contribution is 6.31. The van der Waals surface area contributed by atoms with E-state index in [4.69, 9.17) is 23.7 Å². The number of ketones is 2. The van der Waals surface area contributed by atoms with Gasteiger partial charge in [-0.2, -0.15) is 0 Å². The lowest BCUT2D eigenvalue weighted by Gasteiger charge is -2.47. The van der Waals surface area contributed by atoms with Crippen LogP contribution in [0.2, 0.25) is 0 Å². The van der Waals surface area contributed by atoms with E-state index in [0.29, 0.717) is 25.7 Å². The minimum atomic E-state index is -1.35. The Balaban J connectivity index is 1.11. The van der Waals surface area contributed by atoms with Gasteiger partial charge in [0.15, 0.2) is 18.4 Å². The number of aliphatic hydroxyl groups is 2. The molecule has 2 aromatic rings. The van der Waals surface area contributed by atoms with Gasteiger partial charge in [-0.25, -0.2) is 0 Å². The van der Waals surface area contributed by atoms with Gasteiger partial charge in [-0.05, 0) is 73.0 Å². The number of rotatable bonds is 7. The Morgan fingerprint density at radius 1 is 0.849 bits per heavy atom. The second-order valence-electron chi connectivity index (χ2n) is 16.0. The van der Waals surface area contributed by atoms with E-state index in [2.05, 4.69) is 0 Å². The quantitative estimate of drug-likeness (QED) is 0.217. The molecule has 0 bridgehead atoms. The number of benzene rings is 2. The van der Waals surface area contributed by atoms with Crippen LogP contribution in [0.5, 0.6) is 17.2 Å². The van der Waals surface area contributed by atoms with Gasteiger partial charge in [0.2, 0.25) is 5.78 Å². The van der Waals surface area contributed by atoms with Crippen LogP contribution < -0.4 is 0 Å². The monoisotopic (exact) mass is 739 g/mol.